The number of nitrogens with one attached hydrogen (secondary N) is 1. The van der Waals surface area contributed by atoms with Gasteiger partial charge in [-0.3, -0.25) is 9.78 Å². The van der Waals surface area contributed by atoms with Crippen LogP contribution in [0.5, 0.6) is 0 Å². The smallest absolute Gasteiger partial charge is 0.165 e. The summed E-state index contributed by atoms with van der Waals surface area (Å²) in [4.78, 5) is 20.8. The van der Waals surface area contributed by atoms with Crippen molar-refractivity contribution in [3.05, 3.63) is 77.3 Å². The Morgan fingerprint density at radius 3 is 2.70 bits per heavy atom. The van der Waals surface area contributed by atoms with Crippen LogP contribution < -0.4 is 5.32 Å². The average molecular weight is 499 g/mol. The van der Waals surface area contributed by atoms with Gasteiger partial charge in [0, 0.05) is 40.6 Å². The van der Waals surface area contributed by atoms with E-state index < -0.39 is 0 Å². The molecule has 1 saturated heterocycles. The second kappa shape index (κ2) is 10.6. The van der Waals surface area contributed by atoms with E-state index in [9.17, 15) is 4.79 Å². The normalized spacial score (nSPS) is 19.4. The Kier molecular flexibility index (Phi) is 7.29. The van der Waals surface area contributed by atoms with E-state index in [1.54, 1.807) is 0 Å². The molecule has 0 unspecified atom stereocenters. The van der Waals surface area contributed by atoms with Crippen molar-refractivity contribution in [2.24, 2.45) is 11.3 Å². The summed E-state index contributed by atoms with van der Waals surface area (Å²) in [5, 5.41) is 7.18. The van der Waals surface area contributed by atoms with Crippen molar-refractivity contribution in [2.45, 2.75) is 59.4 Å². The van der Waals surface area contributed by atoms with Crippen LogP contribution in [0.15, 0.2) is 53.7 Å². The molecule has 1 fully saturated rings. The number of aromatic nitrogens is 2. The molecule has 6 heteroatoms. The van der Waals surface area contributed by atoms with Crippen LogP contribution in [-0.2, 0) is 13.0 Å². The fourth-order valence-corrected chi connectivity index (χ4v) is 6.09. The number of likely N-dealkylation sites (tertiary alicyclic amines) is 1. The quantitative estimate of drug-likeness (QED) is 0.427. The van der Waals surface area contributed by atoms with Crippen LogP contribution in [0.4, 0.5) is 0 Å². The molecule has 1 aliphatic heterocycles. The lowest BCUT2D eigenvalue weighted by Crippen LogP contribution is -2.42. The van der Waals surface area contributed by atoms with Crippen molar-refractivity contribution in [3.63, 3.8) is 0 Å². The third kappa shape index (κ3) is 5.54. The molecule has 0 amide bonds. The number of benzene rings is 1. The number of pyridine rings is 1. The van der Waals surface area contributed by atoms with Crippen molar-refractivity contribution < 1.29 is 9.32 Å². The third-order valence-corrected chi connectivity index (χ3v) is 8.14. The molecule has 0 saturated carbocycles. The Bertz CT molecular complexity index is 1270. The topological polar surface area (TPSA) is 71.3 Å². The number of carbonyl (C=O) groups is 1. The molecule has 6 nitrogen and oxygen atoms in total. The van der Waals surface area contributed by atoms with Crippen molar-refractivity contribution >= 4 is 11.5 Å². The summed E-state index contributed by atoms with van der Waals surface area (Å²) in [5.74, 6) is 1.09. The number of aryl methyl sites for hydroxylation is 1. The first-order valence-electron chi connectivity index (χ1n) is 13.6. The average Bonchev–Trinajstić information content (AvgIpc) is 3.29. The van der Waals surface area contributed by atoms with Crippen LogP contribution in [-0.4, -0.2) is 40.5 Å². The van der Waals surface area contributed by atoms with Gasteiger partial charge < -0.3 is 14.7 Å². The summed E-state index contributed by atoms with van der Waals surface area (Å²) in [5.41, 5.74) is 6.72. The fraction of sp³-hybridized carbons (Fsp3) is 0.452. The maximum absolute atomic E-state index is 13.5. The Morgan fingerprint density at radius 1 is 1.22 bits per heavy atom. The van der Waals surface area contributed by atoms with Crippen LogP contribution in [0.25, 0.3) is 17.0 Å². The van der Waals surface area contributed by atoms with Gasteiger partial charge in [-0.1, -0.05) is 37.7 Å². The second-order valence-electron chi connectivity index (χ2n) is 11.1. The minimum atomic E-state index is 0.0482. The molecule has 0 bridgehead atoms. The minimum absolute atomic E-state index is 0.0482. The first-order valence-corrected chi connectivity index (χ1v) is 13.6. The number of carbonyl (C=O) groups excluding carboxylic acids is 1. The molecule has 0 radical (unpaired) electrons. The fourth-order valence-electron chi connectivity index (χ4n) is 6.09. The van der Waals surface area contributed by atoms with Gasteiger partial charge in [-0.05, 0) is 87.8 Å². The second-order valence-corrected chi connectivity index (χ2v) is 11.1. The highest BCUT2D eigenvalue weighted by molar-refractivity contribution is 6.00. The van der Waals surface area contributed by atoms with E-state index in [2.05, 4.69) is 54.0 Å². The summed E-state index contributed by atoms with van der Waals surface area (Å²) in [7, 11) is 0. The lowest BCUT2D eigenvalue weighted by Gasteiger charge is -2.42. The SMILES string of the molecule is C=C(NCc1cc(C)no1)c1ccc(-c2ccc3c(c2)C(=O)[C@@H](C)CC2(CCN(CCC)CC2)C3)nc1. The van der Waals surface area contributed by atoms with E-state index in [0.717, 1.165) is 65.5 Å². The molecule has 1 atom stereocenters. The highest BCUT2D eigenvalue weighted by Gasteiger charge is 2.40. The lowest BCUT2D eigenvalue weighted by atomic mass is 9.70. The molecule has 194 valence electrons. The van der Waals surface area contributed by atoms with E-state index in [4.69, 9.17) is 9.51 Å². The molecule has 1 N–H and O–H groups in total. The molecule has 3 aromatic rings. The predicted molar refractivity (Wildman–Crippen MR) is 147 cm³/mol. The van der Waals surface area contributed by atoms with Gasteiger partial charge in [0.15, 0.2) is 11.5 Å². The highest BCUT2D eigenvalue weighted by Crippen LogP contribution is 2.45. The van der Waals surface area contributed by atoms with Gasteiger partial charge in [-0.2, -0.15) is 0 Å². The van der Waals surface area contributed by atoms with Gasteiger partial charge in [0.25, 0.3) is 0 Å². The van der Waals surface area contributed by atoms with Crippen molar-refractivity contribution in [1.82, 2.24) is 20.4 Å². The summed E-state index contributed by atoms with van der Waals surface area (Å²) in [6.07, 6.45) is 7.39. The number of rotatable bonds is 7. The number of Topliss-reactive ketones (excluding diaryl/α,β-unsaturated/α-hetero) is 1. The largest absolute Gasteiger partial charge is 0.378 e. The molecule has 5 rings (SSSR count). The van der Waals surface area contributed by atoms with E-state index >= 15 is 0 Å². The highest BCUT2D eigenvalue weighted by atomic mass is 16.5. The van der Waals surface area contributed by atoms with E-state index in [-0.39, 0.29) is 17.1 Å². The molecule has 2 aromatic heterocycles. The molecule has 2 aliphatic rings. The van der Waals surface area contributed by atoms with Gasteiger partial charge in [-0.15, -0.1) is 0 Å². The zero-order valence-electron chi connectivity index (χ0n) is 22.3. The molecule has 1 aliphatic carbocycles. The Hall–Kier alpha value is -3.25. The zero-order chi connectivity index (χ0) is 26.0. The monoisotopic (exact) mass is 498 g/mol. The molecular formula is C31H38N4O2. The predicted octanol–water partition coefficient (Wildman–Crippen LogP) is 6.06. The van der Waals surface area contributed by atoms with Crippen LogP contribution >= 0.6 is 0 Å². The molecule has 37 heavy (non-hydrogen) atoms. The molecule has 1 spiro atoms. The number of ketones is 1. The van der Waals surface area contributed by atoms with E-state index in [1.807, 2.05) is 31.3 Å². The van der Waals surface area contributed by atoms with Gasteiger partial charge in [-0.25, -0.2) is 0 Å². The third-order valence-electron chi connectivity index (χ3n) is 8.14. The van der Waals surface area contributed by atoms with Gasteiger partial charge >= 0.3 is 0 Å². The van der Waals surface area contributed by atoms with Crippen molar-refractivity contribution in [1.29, 1.82) is 0 Å². The maximum atomic E-state index is 13.5. The standard InChI is InChI=1S/C31H38N4O2/c1-5-12-35-13-10-31(11-14-35)17-21(2)30(36)28-16-24(6-7-25(28)18-31)29-9-8-26(19-33-29)23(4)32-20-27-15-22(3)34-37-27/h6-9,15-16,19,21,32H,4-5,10-14,17-18,20H2,1-3H3/t21-/m0/s1. The minimum Gasteiger partial charge on any atom is -0.378 e. The Labute approximate surface area is 220 Å². The van der Waals surface area contributed by atoms with Gasteiger partial charge in [0.1, 0.15) is 0 Å². The molecular weight excluding hydrogens is 460 g/mol. The van der Waals surface area contributed by atoms with Crippen LogP contribution in [0.3, 0.4) is 0 Å². The van der Waals surface area contributed by atoms with Crippen molar-refractivity contribution in [2.75, 3.05) is 19.6 Å². The number of fused-ring (bicyclic) bond motifs is 1. The van der Waals surface area contributed by atoms with Gasteiger partial charge in [0.2, 0.25) is 0 Å². The van der Waals surface area contributed by atoms with Crippen LogP contribution in [0, 0.1) is 18.3 Å². The summed E-state index contributed by atoms with van der Waals surface area (Å²) in [6, 6.07) is 12.3. The molecule has 1 aromatic carbocycles. The van der Waals surface area contributed by atoms with Crippen LogP contribution in [0.2, 0.25) is 0 Å². The van der Waals surface area contributed by atoms with E-state index in [0.29, 0.717) is 6.54 Å². The van der Waals surface area contributed by atoms with Crippen LogP contribution in [0.1, 0.15) is 72.5 Å². The summed E-state index contributed by atoms with van der Waals surface area (Å²) < 4.78 is 5.25. The molecule has 3 heterocycles. The van der Waals surface area contributed by atoms with Gasteiger partial charge in [0.05, 0.1) is 17.9 Å². The zero-order valence-corrected chi connectivity index (χ0v) is 22.3. The summed E-state index contributed by atoms with van der Waals surface area (Å²) in [6.45, 7) is 14.4. The maximum Gasteiger partial charge on any atom is 0.165 e. The number of piperidine rings is 1. The number of hydrogen-bond acceptors (Lipinski definition) is 6. The lowest BCUT2D eigenvalue weighted by molar-refractivity contribution is 0.0722. The number of nitrogens with zero attached hydrogens (tertiary/aromatic N) is 3. The number of hydrogen-bond donors (Lipinski definition) is 1. The Balaban J connectivity index is 1.31. The summed E-state index contributed by atoms with van der Waals surface area (Å²) >= 11 is 0. The van der Waals surface area contributed by atoms with E-state index in [1.165, 1.54) is 31.4 Å². The van der Waals surface area contributed by atoms with Crippen molar-refractivity contribution in [3.8, 4) is 11.3 Å². The Morgan fingerprint density at radius 2 is 2.03 bits per heavy atom. The first kappa shape index (κ1) is 25.4. The first-order chi connectivity index (χ1) is 17.9.